The van der Waals surface area contributed by atoms with Crippen LogP contribution < -0.4 is 15.4 Å². The number of hydrogen-bond donors (Lipinski definition) is 3. The Kier molecular flexibility index (Phi) is 9.00. The molecule has 1 heterocycles. The van der Waals surface area contributed by atoms with Crippen molar-refractivity contribution < 1.29 is 14.6 Å². The number of unbranched alkanes of at least 4 members (excludes halogenated alkanes) is 2. The zero-order chi connectivity index (χ0) is 18.5. The van der Waals surface area contributed by atoms with Crippen LogP contribution in [0, 0.1) is 0 Å². The number of nitrogens with zero attached hydrogens (tertiary/aromatic N) is 1. The van der Waals surface area contributed by atoms with E-state index in [2.05, 4.69) is 15.6 Å². The second kappa shape index (κ2) is 11.9. The fraction of sp³-hybridized carbons (Fsp3) is 0.400. The summed E-state index contributed by atoms with van der Waals surface area (Å²) in [6.07, 6.45) is 5.52. The maximum absolute atomic E-state index is 12.0. The molecule has 1 aromatic carbocycles. The SMILES string of the molecule is O=C(CCCOc1ccccc1)Nc1ccc(NCCCCCO)nc1. The molecule has 2 rings (SSSR count). The highest BCUT2D eigenvalue weighted by molar-refractivity contribution is 5.90. The zero-order valence-corrected chi connectivity index (χ0v) is 15.0. The molecule has 0 saturated carbocycles. The van der Waals surface area contributed by atoms with Crippen LogP contribution in [-0.4, -0.2) is 35.8 Å². The van der Waals surface area contributed by atoms with E-state index >= 15 is 0 Å². The number of hydrogen-bond acceptors (Lipinski definition) is 5. The second-order valence-electron chi connectivity index (χ2n) is 5.96. The van der Waals surface area contributed by atoms with Gasteiger partial charge in [-0.2, -0.15) is 0 Å². The Hall–Kier alpha value is -2.60. The third-order valence-electron chi connectivity index (χ3n) is 3.75. The molecular weight excluding hydrogens is 330 g/mol. The van der Waals surface area contributed by atoms with Gasteiger partial charge >= 0.3 is 0 Å². The van der Waals surface area contributed by atoms with Crippen LogP contribution in [0.5, 0.6) is 5.75 Å². The first-order valence-electron chi connectivity index (χ1n) is 9.06. The van der Waals surface area contributed by atoms with Crippen LogP contribution in [0.2, 0.25) is 0 Å². The molecule has 26 heavy (non-hydrogen) atoms. The van der Waals surface area contributed by atoms with E-state index in [1.165, 1.54) is 0 Å². The number of amides is 1. The van der Waals surface area contributed by atoms with E-state index in [-0.39, 0.29) is 12.5 Å². The molecular formula is C20H27N3O3. The molecule has 3 N–H and O–H groups in total. The number of ether oxygens (including phenoxy) is 1. The fourth-order valence-corrected chi connectivity index (χ4v) is 2.37. The Balaban J connectivity index is 1.60. The van der Waals surface area contributed by atoms with Crippen LogP contribution in [0.1, 0.15) is 32.1 Å². The van der Waals surface area contributed by atoms with Gasteiger partial charge in [-0.05, 0) is 49.9 Å². The standard InChI is InChI=1S/C20H27N3O3/c24-14-6-2-5-13-21-19-12-11-17(16-22-19)23-20(25)10-7-15-26-18-8-3-1-4-9-18/h1,3-4,8-9,11-12,16,24H,2,5-7,10,13-15H2,(H,21,22)(H,23,25). The van der Waals surface area contributed by atoms with Crippen molar-refractivity contribution in [2.45, 2.75) is 32.1 Å². The average molecular weight is 357 g/mol. The summed E-state index contributed by atoms with van der Waals surface area (Å²) in [4.78, 5) is 16.2. The van der Waals surface area contributed by atoms with Crippen molar-refractivity contribution in [1.29, 1.82) is 0 Å². The summed E-state index contributed by atoms with van der Waals surface area (Å²) in [6.45, 7) is 1.57. The van der Waals surface area contributed by atoms with Gasteiger partial charge in [-0.3, -0.25) is 4.79 Å². The maximum atomic E-state index is 12.0. The number of benzene rings is 1. The fourth-order valence-electron chi connectivity index (χ4n) is 2.37. The van der Waals surface area contributed by atoms with Gasteiger partial charge in [0.25, 0.3) is 0 Å². The van der Waals surface area contributed by atoms with Crippen LogP contribution in [0.4, 0.5) is 11.5 Å². The largest absolute Gasteiger partial charge is 0.494 e. The van der Waals surface area contributed by atoms with Crippen LogP contribution in [-0.2, 0) is 4.79 Å². The molecule has 2 aromatic rings. The Bertz CT molecular complexity index is 633. The molecule has 6 nitrogen and oxygen atoms in total. The molecule has 0 bridgehead atoms. The van der Waals surface area contributed by atoms with Crippen molar-refractivity contribution in [1.82, 2.24) is 4.98 Å². The summed E-state index contributed by atoms with van der Waals surface area (Å²) in [5, 5.41) is 14.8. The van der Waals surface area contributed by atoms with Crippen molar-refractivity contribution in [2.24, 2.45) is 0 Å². The Morgan fingerprint density at radius 3 is 2.62 bits per heavy atom. The molecule has 0 aliphatic heterocycles. The van der Waals surface area contributed by atoms with Crippen molar-refractivity contribution in [3.8, 4) is 5.75 Å². The number of carbonyl (C=O) groups is 1. The number of anilines is 2. The molecule has 0 fully saturated rings. The van der Waals surface area contributed by atoms with Gasteiger partial charge in [-0.25, -0.2) is 4.98 Å². The number of carbonyl (C=O) groups excluding carboxylic acids is 1. The van der Waals surface area contributed by atoms with E-state index < -0.39 is 0 Å². The van der Waals surface area contributed by atoms with Gasteiger partial charge < -0.3 is 20.5 Å². The summed E-state index contributed by atoms with van der Waals surface area (Å²) in [6, 6.07) is 13.3. The Labute approximate surface area is 154 Å². The molecule has 0 unspecified atom stereocenters. The number of aliphatic hydroxyl groups excluding tert-OH is 1. The smallest absolute Gasteiger partial charge is 0.224 e. The van der Waals surface area contributed by atoms with Crippen LogP contribution in [0.15, 0.2) is 48.7 Å². The molecule has 0 spiro atoms. The topological polar surface area (TPSA) is 83.5 Å². The van der Waals surface area contributed by atoms with Gasteiger partial charge in [0.15, 0.2) is 0 Å². The summed E-state index contributed by atoms with van der Waals surface area (Å²) < 4.78 is 5.57. The zero-order valence-electron chi connectivity index (χ0n) is 15.0. The molecule has 0 radical (unpaired) electrons. The lowest BCUT2D eigenvalue weighted by atomic mass is 10.2. The summed E-state index contributed by atoms with van der Waals surface area (Å²) in [5.41, 5.74) is 0.685. The predicted molar refractivity (Wildman–Crippen MR) is 103 cm³/mol. The summed E-state index contributed by atoms with van der Waals surface area (Å²) >= 11 is 0. The number of pyridine rings is 1. The lowest BCUT2D eigenvalue weighted by Gasteiger charge is -2.08. The highest BCUT2D eigenvalue weighted by atomic mass is 16.5. The van der Waals surface area contributed by atoms with Crippen molar-refractivity contribution in [3.05, 3.63) is 48.7 Å². The summed E-state index contributed by atoms with van der Waals surface area (Å²) in [5.74, 6) is 1.55. The van der Waals surface area contributed by atoms with Gasteiger partial charge in [-0.15, -0.1) is 0 Å². The van der Waals surface area contributed by atoms with E-state index in [4.69, 9.17) is 9.84 Å². The van der Waals surface area contributed by atoms with E-state index in [1.807, 2.05) is 42.5 Å². The van der Waals surface area contributed by atoms with Gasteiger partial charge in [0.2, 0.25) is 5.91 Å². The van der Waals surface area contributed by atoms with E-state index in [1.54, 1.807) is 6.20 Å². The Morgan fingerprint density at radius 1 is 1.04 bits per heavy atom. The monoisotopic (exact) mass is 357 g/mol. The lowest BCUT2D eigenvalue weighted by Crippen LogP contribution is -2.13. The quantitative estimate of drug-likeness (QED) is 0.507. The van der Waals surface area contributed by atoms with E-state index in [0.717, 1.165) is 37.4 Å². The average Bonchev–Trinajstić information content (AvgIpc) is 2.67. The molecule has 6 heteroatoms. The van der Waals surface area contributed by atoms with Gasteiger partial charge in [0.05, 0.1) is 18.5 Å². The number of aliphatic hydroxyl groups is 1. The molecule has 0 aliphatic rings. The highest BCUT2D eigenvalue weighted by Crippen LogP contribution is 2.12. The predicted octanol–water partition coefficient (Wildman–Crippen LogP) is 3.45. The molecule has 1 amide bonds. The van der Waals surface area contributed by atoms with E-state index in [9.17, 15) is 4.79 Å². The van der Waals surface area contributed by atoms with Crippen molar-refractivity contribution in [2.75, 3.05) is 30.4 Å². The molecule has 1 aromatic heterocycles. The third kappa shape index (κ3) is 7.98. The molecule has 140 valence electrons. The second-order valence-corrected chi connectivity index (χ2v) is 5.96. The lowest BCUT2D eigenvalue weighted by molar-refractivity contribution is -0.116. The van der Waals surface area contributed by atoms with Crippen LogP contribution >= 0.6 is 0 Å². The molecule has 0 saturated heterocycles. The minimum Gasteiger partial charge on any atom is -0.494 e. The third-order valence-corrected chi connectivity index (χ3v) is 3.75. The first-order valence-corrected chi connectivity index (χ1v) is 9.06. The van der Waals surface area contributed by atoms with Gasteiger partial charge in [0.1, 0.15) is 11.6 Å². The van der Waals surface area contributed by atoms with Gasteiger partial charge in [-0.1, -0.05) is 18.2 Å². The highest BCUT2D eigenvalue weighted by Gasteiger charge is 2.03. The minimum absolute atomic E-state index is 0.0480. The maximum Gasteiger partial charge on any atom is 0.224 e. The number of rotatable bonds is 12. The molecule has 0 aliphatic carbocycles. The number of aromatic nitrogens is 1. The Morgan fingerprint density at radius 2 is 1.88 bits per heavy atom. The van der Waals surface area contributed by atoms with Crippen molar-refractivity contribution in [3.63, 3.8) is 0 Å². The number of nitrogens with one attached hydrogen (secondary N) is 2. The van der Waals surface area contributed by atoms with E-state index in [0.29, 0.717) is 25.1 Å². The van der Waals surface area contributed by atoms with Crippen LogP contribution in [0.25, 0.3) is 0 Å². The van der Waals surface area contributed by atoms with Crippen molar-refractivity contribution >= 4 is 17.4 Å². The first-order chi connectivity index (χ1) is 12.8. The first kappa shape index (κ1) is 19.7. The molecule has 0 atom stereocenters. The normalized spacial score (nSPS) is 10.3. The minimum atomic E-state index is -0.0480. The van der Waals surface area contributed by atoms with Gasteiger partial charge in [0, 0.05) is 19.6 Å². The van der Waals surface area contributed by atoms with Crippen LogP contribution in [0.3, 0.4) is 0 Å². The summed E-state index contributed by atoms with van der Waals surface area (Å²) in [7, 11) is 0. The number of para-hydroxylation sites is 1.